The number of halogens is 2. The molecule has 0 aliphatic heterocycles. The highest BCUT2D eigenvalue weighted by molar-refractivity contribution is 6.40. The van der Waals surface area contributed by atoms with Crippen LogP contribution in [0.5, 0.6) is 0 Å². The Hall–Kier alpha value is -2.63. The van der Waals surface area contributed by atoms with E-state index in [9.17, 15) is 4.79 Å². The van der Waals surface area contributed by atoms with Gasteiger partial charge in [0.15, 0.2) is 10.3 Å². The minimum Gasteiger partial charge on any atom is -0.287 e. The fraction of sp³-hybridized carbons (Fsp3) is 0.320. The van der Waals surface area contributed by atoms with Gasteiger partial charge in [-0.2, -0.15) is 0 Å². The zero-order valence-corrected chi connectivity index (χ0v) is 20.1. The van der Waals surface area contributed by atoms with Gasteiger partial charge in [0.1, 0.15) is 11.4 Å². The van der Waals surface area contributed by atoms with Gasteiger partial charge in [-0.25, -0.2) is 19.9 Å². The molecule has 5 nitrogen and oxygen atoms in total. The summed E-state index contributed by atoms with van der Waals surface area (Å²) in [7, 11) is 0. The lowest BCUT2D eigenvalue weighted by molar-refractivity contribution is 0.103. The maximum absolute atomic E-state index is 13.3. The molecule has 0 atom stereocenters. The van der Waals surface area contributed by atoms with Gasteiger partial charge < -0.3 is 0 Å². The fourth-order valence-electron chi connectivity index (χ4n) is 4.58. The molecular formula is C25H22Cl2N4O. The maximum atomic E-state index is 13.3. The Kier molecular flexibility index (Phi) is 4.95. The predicted octanol–water partition coefficient (Wildman–Crippen LogP) is 6.90. The van der Waals surface area contributed by atoms with E-state index in [1.165, 1.54) is 0 Å². The van der Waals surface area contributed by atoms with Crippen LogP contribution < -0.4 is 0 Å². The summed E-state index contributed by atoms with van der Waals surface area (Å²) in [5.41, 5.74) is 8.18. The van der Waals surface area contributed by atoms with Crippen LogP contribution in [0.1, 0.15) is 79.2 Å². The van der Waals surface area contributed by atoms with Crippen molar-refractivity contribution in [3.8, 4) is 11.3 Å². The molecule has 1 aliphatic rings. The summed E-state index contributed by atoms with van der Waals surface area (Å²) in [5, 5.41) is 0.316. The average molecular weight is 465 g/mol. The molecule has 0 N–H and O–H groups in total. The molecule has 0 unspecified atom stereocenters. The lowest BCUT2D eigenvalue weighted by atomic mass is 9.91. The van der Waals surface area contributed by atoms with Gasteiger partial charge in [0.2, 0.25) is 5.78 Å². The molecule has 2 aromatic heterocycles. The second kappa shape index (κ2) is 7.46. The third-order valence-electron chi connectivity index (χ3n) is 6.09. The molecule has 7 heteroatoms. The minimum atomic E-state index is -0.0826. The van der Waals surface area contributed by atoms with Crippen LogP contribution in [0, 0.1) is 0 Å². The van der Waals surface area contributed by atoms with Crippen molar-refractivity contribution >= 4 is 51.1 Å². The maximum Gasteiger partial charge on any atom is 0.214 e. The highest BCUT2D eigenvalue weighted by Gasteiger charge is 2.33. The molecule has 0 spiro atoms. The van der Waals surface area contributed by atoms with Crippen molar-refractivity contribution < 1.29 is 4.79 Å². The Labute approximate surface area is 196 Å². The number of aryl methyl sites for hydroxylation is 1. The first kappa shape index (κ1) is 21.2. The molecule has 0 amide bonds. The first-order chi connectivity index (χ1) is 15.2. The van der Waals surface area contributed by atoms with Crippen LogP contribution in [-0.4, -0.2) is 25.7 Å². The Morgan fingerprint density at radius 2 is 1.25 bits per heavy atom. The van der Waals surface area contributed by atoms with Gasteiger partial charge in [0.25, 0.3) is 0 Å². The van der Waals surface area contributed by atoms with Crippen LogP contribution >= 0.6 is 23.2 Å². The average Bonchev–Trinajstić information content (AvgIpc) is 3.02. The molecular weight excluding hydrogens is 443 g/mol. The highest BCUT2D eigenvalue weighted by atomic mass is 35.5. The van der Waals surface area contributed by atoms with Crippen molar-refractivity contribution in [2.45, 2.75) is 52.9 Å². The molecule has 4 aromatic rings. The molecule has 0 radical (unpaired) electrons. The number of benzene rings is 2. The molecule has 162 valence electrons. The molecule has 0 saturated carbocycles. The largest absolute Gasteiger partial charge is 0.287 e. The Morgan fingerprint density at radius 1 is 0.750 bits per heavy atom. The van der Waals surface area contributed by atoms with Crippen LogP contribution in [0.25, 0.3) is 33.3 Å². The molecule has 2 aromatic carbocycles. The van der Waals surface area contributed by atoms with Gasteiger partial charge >= 0.3 is 0 Å². The summed E-state index contributed by atoms with van der Waals surface area (Å²) >= 11 is 12.5. The van der Waals surface area contributed by atoms with Gasteiger partial charge in [-0.15, -0.1) is 0 Å². The summed E-state index contributed by atoms with van der Waals surface area (Å²) in [6.45, 7) is 10.4. The van der Waals surface area contributed by atoms with E-state index in [0.717, 1.165) is 34.2 Å². The Bertz CT molecular complexity index is 1460. The van der Waals surface area contributed by atoms with E-state index in [1.807, 2.05) is 18.2 Å². The van der Waals surface area contributed by atoms with Gasteiger partial charge in [-0.1, -0.05) is 70.0 Å². The first-order valence-electron chi connectivity index (χ1n) is 10.8. The number of ketones is 1. The van der Waals surface area contributed by atoms with E-state index in [-0.39, 0.29) is 27.9 Å². The summed E-state index contributed by atoms with van der Waals surface area (Å²) in [4.78, 5) is 32.4. The van der Waals surface area contributed by atoms with E-state index >= 15 is 0 Å². The number of fused-ring (bicyclic) bond motifs is 5. The number of hydrogen-bond donors (Lipinski definition) is 0. The highest BCUT2D eigenvalue weighted by Crippen LogP contribution is 2.42. The Balaban J connectivity index is 1.97. The topological polar surface area (TPSA) is 68.6 Å². The second-order valence-corrected chi connectivity index (χ2v) is 9.54. The third kappa shape index (κ3) is 2.95. The normalized spacial score (nSPS) is 13.0. The van der Waals surface area contributed by atoms with Crippen molar-refractivity contribution in [1.82, 2.24) is 19.9 Å². The number of nitrogens with zero attached hydrogens (tertiary/aromatic N) is 4. The van der Waals surface area contributed by atoms with E-state index in [2.05, 4.69) is 44.6 Å². The molecule has 32 heavy (non-hydrogen) atoms. The van der Waals surface area contributed by atoms with E-state index in [1.54, 1.807) is 0 Å². The summed E-state index contributed by atoms with van der Waals surface area (Å²) in [6, 6.07) is 5.98. The molecule has 0 fully saturated rings. The standard InChI is InChI=1S/C25H22Cl2N4O/c1-6-12-7-8-13-14(9-12)23(32)22-17(13)28-18-15(10(2)3)20-21(31-25(27)24(26)30-20)16(11(4)5)19(18)29-22/h7-11H,6H2,1-5H3. The number of hydrogen-bond acceptors (Lipinski definition) is 5. The second-order valence-electron chi connectivity index (χ2n) is 8.82. The van der Waals surface area contributed by atoms with Crippen LogP contribution in [0.3, 0.4) is 0 Å². The van der Waals surface area contributed by atoms with Crippen molar-refractivity contribution in [3.05, 3.63) is 56.5 Å². The predicted molar refractivity (Wildman–Crippen MR) is 129 cm³/mol. The lowest BCUT2D eigenvalue weighted by Gasteiger charge is -2.19. The van der Waals surface area contributed by atoms with E-state index in [4.69, 9.17) is 33.2 Å². The van der Waals surface area contributed by atoms with Crippen molar-refractivity contribution in [2.75, 3.05) is 0 Å². The van der Waals surface area contributed by atoms with Crippen molar-refractivity contribution in [3.63, 3.8) is 0 Å². The van der Waals surface area contributed by atoms with Gasteiger partial charge in [-0.05, 0) is 29.9 Å². The number of carbonyl (C=O) groups excluding carboxylic acids is 1. The van der Waals surface area contributed by atoms with Crippen molar-refractivity contribution in [1.29, 1.82) is 0 Å². The quantitative estimate of drug-likeness (QED) is 0.271. The zero-order valence-electron chi connectivity index (χ0n) is 18.5. The molecule has 2 heterocycles. The lowest BCUT2D eigenvalue weighted by Crippen LogP contribution is -2.08. The molecule has 1 aliphatic carbocycles. The van der Waals surface area contributed by atoms with Crippen molar-refractivity contribution in [2.24, 2.45) is 0 Å². The van der Waals surface area contributed by atoms with E-state index < -0.39 is 0 Å². The molecule has 0 bridgehead atoms. The van der Waals surface area contributed by atoms with Crippen LogP contribution in [0.15, 0.2) is 18.2 Å². The van der Waals surface area contributed by atoms with Crippen LogP contribution in [0.4, 0.5) is 0 Å². The molecule has 5 rings (SSSR count). The van der Waals surface area contributed by atoms with Crippen LogP contribution in [0.2, 0.25) is 10.3 Å². The van der Waals surface area contributed by atoms with Gasteiger partial charge in [0, 0.05) is 22.3 Å². The zero-order chi connectivity index (χ0) is 22.9. The van der Waals surface area contributed by atoms with Crippen LogP contribution in [-0.2, 0) is 6.42 Å². The van der Waals surface area contributed by atoms with E-state index in [0.29, 0.717) is 33.5 Å². The number of rotatable bonds is 3. The summed E-state index contributed by atoms with van der Waals surface area (Å²) < 4.78 is 0. The Morgan fingerprint density at radius 3 is 1.75 bits per heavy atom. The first-order valence-corrected chi connectivity index (χ1v) is 11.6. The minimum absolute atomic E-state index is 0.0608. The number of aromatic nitrogens is 4. The summed E-state index contributed by atoms with van der Waals surface area (Å²) in [5.74, 6) is 0.0608. The smallest absolute Gasteiger partial charge is 0.214 e. The van der Waals surface area contributed by atoms with Gasteiger partial charge in [0.05, 0.1) is 22.1 Å². The fourth-order valence-corrected chi connectivity index (χ4v) is 4.83. The third-order valence-corrected chi connectivity index (χ3v) is 6.72. The SMILES string of the molecule is CCc1ccc2c(c1)C(=O)c1nc3c(C(C)C)c4nc(Cl)c(Cl)nc4c(C(C)C)c3nc1-2. The number of carbonyl (C=O) groups is 1. The monoisotopic (exact) mass is 464 g/mol. The summed E-state index contributed by atoms with van der Waals surface area (Å²) in [6.07, 6.45) is 0.860. The molecule has 0 saturated heterocycles. The van der Waals surface area contributed by atoms with Gasteiger partial charge in [-0.3, -0.25) is 4.79 Å².